The summed E-state index contributed by atoms with van der Waals surface area (Å²) in [6, 6.07) is 0.196. The third-order valence-electron chi connectivity index (χ3n) is 4.57. The molecule has 0 aromatic rings. The standard InChI is InChI=1S/C16H27NO4/c18-15(19)10-11-17(16(20)14-9-6-12-21-14)13-7-4-2-1-3-5-8-13/h13-14H,1-12H2,(H,18,19). The summed E-state index contributed by atoms with van der Waals surface area (Å²) in [6.07, 6.45) is 9.36. The summed E-state index contributed by atoms with van der Waals surface area (Å²) in [5.74, 6) is -0.828. The number of ether oxygens (including phenoxy) is 1. The molecule has 2 rings (SSSR count). The number of carbonyl (C=O) groups excluding carboxylic acids is 1. The molecule has 1 heterocycles. The zero-order valence-corrected chi connectivity index (χ0v) is 12.8. The van der Waals surface area contributed by atoms with Gasteiger partial charge in [-0.25, -0.2) is 0 Å². The number of hydrogen-bond acceptors (Lipinski definition) is 3. The van der Waals surface area contributed by atoms with Gasteiger partial charge in [-0.1, -0.05) is 32.1 Å². The smallest absolute Gasteiger partial charge is 0.305 e. The molecule has 5 heteroatoms. The summed E-state index contributed by atoms with van der Waals surface area (Å²) < 4.78 is 5.51. The monoisotopic (exact) mass is 297 g/mol. The van der Waals surface area contributed by atoms with Crippen LogP contribution < -0.4 is 0 Å². The highest BCUT2D eigenvalue weighted by Gasteiger charge is 2.32. The first-order valence-electron chi connectivity index (χ1n) is 8.32. The van der Waals surface area contributed by atoms with Crippen LogP contribution in [0.2, 0.25) is 0 Å². The van der Waals surface area contributed by atoms with E-state index in [0.717, 1.165) is 38.5 Å². The number of nitrogens with zero attached hydrogens (tertiary/aromatic N) is 1. The molecule has 1 N–H and O–H groups in total. The molecule has 21 heavy (non-hydrogen) atoms. The molecule has 1 unspecified atom stereocenters. The lowest BCUT2D eigenvalue weighted by molar-refractivity contribution is -0.145. The molecule has 1 aliphatic carbocycles. The van der Waals surface area contributed by atoms with E-state index in [4.69, 9.17) is 9.84 Å². The van der Waals surface area contributed by atoms with E-state index in [-0.39, 0.29) is 24.5 Å². The lowest BCUT2D eigenvalue weighted by atomic mass is 9.95. The quantitative estimate of drug-likeness (QED) is 0.847. The number of rotatable bonds is 5. The van der Waals surface area contributed by atoms with Crippen LogP contribution in [0.1, 0.15) is 64.2 Å². The highest BCUT2D eigenvalue weighted by atomic mass is 16.5. The Bertz CT molecular complexity index is 344. The molecule has 1 aliphatic heterocycles. The first kappa shape index (κ1) is 16.3. The molecule has 0 spiro atoms. The van der Waals surface area contributed by atoms with Crippen molar-refractivity contribution >= 4 is 11.9 Å². The summed E-state index contributed by atoms with van der Waals surface area (Å²) >= 11 is 0. The maximum absolute atomic E-state index is 12.7. The van der Waals surface area contributed by atoms with Gasteiger partial charge < -0.3 is 14.7 Å². The van der Waals surface area contributed by atoms with Crippen molar-refractivity contribution in [3.63, 3.8) is 0 Å². The number of hydrogen-bond donors (Lipinski definition) is 1. The van der Waals surface area contributed by atoms with Crippen molar-refractivity contribution in [3.05, 3.63) is 0 Å². The number of amides is 1. The average molecular weight is 297 g/mol. The van der Waals surface area contributed by atoms with Gasteiger partial charge in [0.1, 0.15) is 6.10 Å². The lowest BCUT2D eigenvalue weighted by Gasteiger charge is -2.34. The fourth-order valence-electron chi connectivity index (χ4n) is 3.39. The van der Waals surface area contributed by atoms with Crippen molar-refractivity contribution in [1.82, 2.24) is 4.90 Å². The van der Waals surface area contributed by atoms with Crippen LogP contribution in [0.4, 0.5) is 0 Å². The molecular weight excluding hydrogens is 270 g/mol. The second kappa shape index (κ2) is 8.37. The Balaban J connectivity index is 2.01. The van der Waals surface area contributed by atoms with Crippen molar-refractivity contribution in [1.29, 1.82) is 0 Å². The van der Waals surface area contributed by atoms with E-state index >= 15 is 0 Å². The van der Waals surface area contributed by atoms with Gasteiger partial charge in [0.15, 0.2) is 0 Å². The second-order valence-corrected chi connectivity index (χ2v) is 6.18. The summed E-state index contributed by atoms with van der Waals surface area (Å²) in [5.41, 5.74) is 0. The van der Waals surface area contributed by atoms with Crippen LogP contribution in [0.15, 0.2) is 0 Å². The van der Waals surface area contributed by atoms with Crippen molar-refractivity contribution in [2.24, 2.45) is 0 Å². The van der Waals surface area contributed by atoms with Gasteiger partial charge in [-0.15, -0.1) is 0 Å². The molecule has 1 atom stereocenters. The number of carbonyl (C=O) groups is 2. The molecule has 1 amide bonds. The fraction of sp³-hybridized carbons (Fsp3) is 0.875. The Morgan fingerprint density at radius 2 is 1.67 bits per heavy atom. The highest BCUT2D eigenvalue weighted by Crippen LogP contribution is 2.24. The molecule has 0 radical (unpaired) electrons. The SMILES string of the molecule is O=C(O)CCN(C(=O)C1CCCO1)C1CCCCCCC1. The van der Waals surface area contributed by atoms with E-state index in [9.17, 15) is 9.59 Å². The van der Waals surface area contributed by atoms with Crippen LogP contribution in [0.3, 0.4) is 0 Å². The van der Waals surface area contributed by atoms with Crippen LogP contribution in [0.5, 0.6) is 0 Å². The third-order valence-corrected chi connectivity index (χ3v) is 4.57. The van der Waals surface area contributed by atoms with Crippen LogP contribution >= 0.6 is 0 Å². The minimum absolute atomic E-state index is 0.0133. The molecular formula is C16H27NO4. The van der Waals surface area contributed by atoms with Crippen LogP contribution in [0.25, 0.3) is 0 Å². The minimum Gasteiger partial charge on any atom is -0.481 e. The van der Waals surface area contributed by atoms with Gasteiger partial charge in [0, 0.05) is 19.2 Å². The first-order valence-corrected chi connectivity index (χ1v) is 8.32. The predicted octanol–water partition coefficient (Wildman–Crippen LogP) is 2.58. The Labute approximate surface area is 126 Å². The van der Waals surface area contributed by atoms with Gasteiger partial charge in [-0.3, -0.25) is 9.59 Å². The van der Waals surface area contributed by atoms with Gasteiger partial charge in [-0.2, -0.15) is 0 Å². The van der Waals surface area contributed by atoms with E-state index in [1.807, 2.05) is 4.90 Å². The molecule has 0 bridgehead atoms. The summed E-state index contributed by atoms with van der Waals surface area (Å²) in [4.78, 5) is 25.4. The van der Waals surface area contributed by atoms with E-state index in [0.29, 0.717) is 13.2 Å². The van der Waals surface area contributed by atoms with Crippen molar-refractivity contribution in [2.45, 2.75) is 76.4 Å². The molecule has 2 aliphatic rings. The zero-order chi connectivity index (χ0) is 15.1. The number of carboxylic acid groups (broad SMARTS) is 1. The summed E-state index contributed by atoms with van der Waals surface area (Å²) in [6.45, 7) is 0.965. The predicted molar refractivity (Wildman–Crippen MR) is 79.0 cm³/mol. The van der Waals surface area contributed by atoms with Gasteiger partial charge in [-0.05, 0) is 25.7 Å². The van der Waals surface area contributed by atoms with Crippen molar-refractivity contribution < 1.29 is 19.4 Å². The topological polar surface area (TPSA) is 66.8 Å². The second-order valence-electron chi connectivity index (χ2n) is 6.18. The highest BCUT2D eigenvalue weighted by molar-refractivity contribution is 5.82. The molecule has 1 saturated carbocycles. The molecule has 0 aromatic carbocycles. The molecule has 120 valence electrons. The Morgan fingerprint density at radius 3 is 2.24 bits per heavy atom. The molecule has 0 aromatic heterocycles. The van der Waals surface area contributed by atoms with Crippen LogP contribution in [-0.4, -0.2) is 47.2 Å². The number of carboxylic acids is 1. The maximum Gasteiger partial charge on any atom is 0.305 e. The van der Waals surface area contributed by atoms with E-state index in [1.165, 1.54) is 19.3 Å². The van der Waals surface area contributed by atoms with Crippen LogP contribution in [0, 0.1) is 0 Å². The Morgan fingerprint density at radius 1 is 1.00 bits per heavy atom. The fourth-order valence-corrected chi connectivity index (χ4v) is 3.39. The summed E-state index contributed by atoms with van der Waals surface area (Å²) in [7, 11) is 0. The Hall–Kier alpha value is -1.10. The van der Waals surface area contributed by atoms with Crippen molar-refractivity contribution in [3.8, 4) is 0 Å². The Kier molecular flexibility index (Phi) is 6.49. The van der Waals surface area contributed by atoms with E-state index in [2.05, 4.69) is 0 Å². The zero-order valence-electron chi connectivity index (χ0n) is 12.8. The van der Waals surface area contributed by atoms with E-state index < -0.39 is 5.97 Å². The maximum atomic E-state index is 12.7. The van der Waals surface area contributed by atoms with Gasteiger partial charge in [0.05, 0.1) is 6.42 Å². The third kappa shape index (κ3) is 4.99. The van der Waals surface area contributed by atoms with Crippen LogP contribution in [-0.2, 0) is 14.3 Å². The molecule has 1 saturated heterocycles. The lowest BCUT2D eigenvalue weighted by Crippen LogP contribution is -2.46. The van der Waals surface area contributed by atoms with Crippen molar-refractivity contribution in [2.75, 3.05) is 13.2 Å². The van der Waals surface area contributed by atoms with Gasteiger partial charge >= 0.3 is 5.97 Å². The van der Waals surface area contributed by atoms with E-state index in [1.54, 1.807) is 0 Å². The minimum atomic E-state index is -0.842. The average Bonchev–Trinajstić information content (AvgIpc) is 2.94. The first-order chi connectivity index (χ1) is 10.2. The largest absolute Gasteiger partial charge is 0.481 e. The summed E-state index contributed by atoms with van der Waals surface area (Å²) in [5, 5.41) is 8.94. The molecule has 2 fully saturated rings. The normalized spacial score (nSPS) is 24.3. The molecule has 5 nitrogen and oxygen atoms in total. The van der Waals surface area contributed by atoms with Gasteiger partial charge in [0.2, 0.25) is 0 Å². The number of aliphatic carboxylic acids is 1. The van der Waals surface area contributed by atoms with Gasteiger partial charge in [0.25, 0.3) is 5.91 Å².